The van der Waals surface area contributed by atoms with Gasteiger partial charge in [0.15, 0.2) is 5.82 Å². The summed E-state index contributed by atoms with van der Waals surface area (Å²) in [6.07, 6.45) is 15.6. The fourth-order valence-corrected chi connectivity index (χ4v) is 14.8. The lowest BCUT2D eigenvalue weighted by Crippen LogP contribution is -2.55. The van der Waals surface area contributed by atoms with Crippen molar-refractivity contribution in [2.24, 2.45) is 11.7 Å². The van der Waals surface area contributed by atoms with Crippen LogP contribution in [0.5, 0.6) is 5.75 Å². The van der Waals surface area contributed by atoms with Crippen molar-refractivity contribution >= 4 is 94.1 Å². The first-order valence-electron chi connectivity index (χ1n) is 37.3. The van der Waals surface area contributed by atoms with Gasteiger partial charge in [0.2, 0.25) is 41.4 Å². The molecule has 1 unspecified atom stereocenters. The first kappa shape index (κ1) is 77.8. The van der Waals surface area contributed by atoms with E-state index in [2.05, 4.69) is 63.9 Å². The van der Waals surface area contributed by atoms with E-state index >= 15 is 0 Å². The number of urea groups is 1. The number of anilines is 5. The molecule has 6 aliphatic rings. The largest absolute Gasteiger partial charge is 0.495 e. The van der Waals surface area contributed by atoms with Gasteiger partial charge in [-0.1, -0.05) is 81.4 Å². The number of primary amides is 1. The number of fused-ring (bicyclic) bond motifs is 2. The van der Waals surface area contributed by atoms with Crippen molar-refractivity contribution in [2.45, 2.75) is 192 Å². The summed E-state index contributed by atoms with van der Waals surface area (Å²) in [7, 11) is 3.36. The van der Waals surface area contributed by atoms with Gasteiger partial charge in [0.1, 0.15) is 47.9 Å². The second-order valence-electron chi connectivity index (χ2n) is 28.2. The molecule has 572 valence electrons. The third kappa shape index (κ3) is 19.1. The molecule has 3 fully saturated rings. The van der Waals surface area contributed by atoms with Crippen LogP contribution in [-0.4, -0.2) is 188 Å². The molecule has 2 saturated carbocycles. The molecular weight excluding hydrogens is 1390 g/mol. The zero-order valence-electron chi connectivity index (χ0n) is 61.6. The summed E-state index contributed by atoms with van der Waals surface area (Å²) in [5.74, 6) is 4.22. The van der Waals surface area contributed by atoms with E-state index in [-0.39, 0.29) is 144 Å². The molecule has 3 aromatic carbocycles. The zero-order chi connectivity index (χ0) is 76.5. The van der Waals surface area contributed by atoms with E-state index in [0.717, 1.165) is 42.0 Å². The van der Waals surface area contributed by atoms with Crippen molar-refractivity contribution in [3.8, 4) is 28.8 Å². The van der Waals surface area contributed by atoms with Crippen LogP contribution in [0, 0.1) is 17.8 Å². The van der Waals surface area contributed by atoms with E-state index in [1.54, 1.807) is 80.4 Å². The molecule has 108 heavy (non-hydrogen) atoms. The molecule has 0 radical (unpaired) electrons. The second-order valence-corrected chi connectivity index (χ2v) is 28.2. The zero-order valence-corrected chi connectivity index (χ0v) is 61.6. The number of amides is 12. The molecule has 2 aromatic heterocycles. The van der Waals surface area contributed by atoms with E-state index in [1.165, 1.54) is 17.1 Å². The number of nitrogens with two attached hydrogens (primary N) is 1. The Morgan fingerprint density at radius 2 is 1.62 bits per heavy atom. The Kier molecular flexibility index (Phi) is 26.2. The minimum absolute atomic E-state index is 0.0374. The lowest BCUT2D eigenvalue weighted by molar-refractivity contribution is -0.138. The Morgan fingerprint density at radius 1 is 0.852 bits per heavy atom. The second kappa shape index (κ2) is 36.3. The fraction of sp³-hybridized carbons (Fsp3) is 0.494. The van der Waals surface area contributed by atoms with Crippen molar-refractivity contribution in [3.05, 3.63) is 107 Å². The Hall–Kier alpha value is -11.3. The monoisotopic (exact) mass is 1480 g/mol. The Labute approximate surface area is 626 Å². The number of ether oxygens (including phenoxy) is 3. The van der Waals surface area contributed by atoms with Gasteiger partial charge in [-0.15, -0.1) is 5.10 Å². The van der Waals surface area contributed by atoms with Crippen LogP contribution >= 0.6 is 0 Å². The normalized spacial score (nSPS) is 18.9. The highest BCUT2D eigenvalue weighted by molar-refractivity contribution is 6.13. The number of hydrogen-bond acceptors (Lipinski definition) is 20. The highest BCUT2D eigenvalue weighted by Gasteiger charge is 2.43. The van der Waals surface area contributed by atoms with Crippen LogP contribution in [0.25, 0.3) is 11.3 Å². The molecule has 8 N–H and O–H groups in total. The molecule has 31 heteroatoms. The highest BCUT2D eigenvalue weighted by atomic mass is 16.6. The summed E-state index contributed by atoms with van der Waals surface area (Å²) in [4.78, 5) is 160. The fourth-order valence-electron chi connectivity index (χ4n) is 14.8. The topological polar surface area (TPSA) is 386 Å². The molecular formula is C77H95N17O14. The third-order valence-electron chi connectivity index (χ3n) is 20.7. The first-order chi connectivity index (χ1) is 52.2. The molecule has 4 atom stereocenters. The number of hydrogen-bond donors (Lipinski definition) is 7. The molecule has 11 rings (SSSR count). The molecule has 5 aromatic rings. The molecule has 4 aliphatic heterocycles. The number of methoxy groups -OCH3 is 1. The number of carbonyl (C=O) groups is 11. The SMILES string of the molecule is CC[C@@H]1C(=O)N(C)c2cnc(Nc3ccc(-c4cn([C@H]5CC[C@@H](N(CCOCCC#Cc6cccc7c6CN(C6CCC(=O)NC6=O)C7=O)C(=O)OCc6ccc(NC(=O)[C@H](CCCNC(N)=O)NC(=O)[C@@H](NC(=O)CCCCCN7C(=O)C=CC7=O)C(C)C)cc6)CC5)nn4)cc3OC)nc2N1C1CCCC1. The molecule has 0 bridgehead atoms. The van der Waals surface area contributed by atoms with E-state index in [4.69, 9.17) is 24.9 Å². The Balaban J connectivity index is 0.711. The summed E-state index contributed by atoms with van der Waals surface area (Å²) in [6.45, 7) is 6.58. The number of nitrogens with zero attached hydrogens (tertiary/aromatic N) is 10. The van der Waals surface area contributed by atoms with E-state index < -0.39 is 48.0 Å². The number of rotatable bonds is 32. The number of carbonyl (C=O) groups excluding carboxylic acids is 11. The number of piperidine rings is 1. The van der Waals surface area contributed by atoms with Gasteiger partial charge in [-0.05, 0) is 130 Å². The summed E-state index contributed by atoms with van der Waals surface area (Å²) in [6, 6.07) is 13.7. The van der Waals surface area contributed by atoms with Crippen LogP contribution in [0.3, 0.4) is 0 Å². The molecule has 2 aliphatic carbocycles. The van der Waals surface area contributed by atoms with Gasteiger partial charge >= 0.3 is 12.1 Å². The number of likely N-dealkylation sites (N-methyl/N-ethyl adjacent to an activating group) is 1. The van der Waals surface area contributed by atoms with Crippen molar-refractivity contribution in [1.82, 2.24) is 60.9 Å². The predicted octanol–water partition coefficient (Wildman–Crippen LogP) is 6.83. The summed E-state index contributed by atoms with van der Waals surface area (Å²) in [5, 5.41) is 25.8. The van der Waals surface area contributed by atoms with Crippen molar-refractivity contribution in [3.63, 3.8) is 0 Å². The lowest BCUT2D eigenvalue weighted by Gasteiger charge is -2.43. The van der Waals surface area contributed by atoms with Crippen molar-refractivity contribution in [2.75, 3.05) is 67.4 Å². The summed E-state index contributed by atoms with van der Waals surface area (Å²) in [5.41, 5.74) is 10.8. The van der Waals surface area contributed by atoms with Crippen LogP contribution in [0.1, 0.15) is 169 Å². The van der Waals surface area contributed by atoms with Crippen LogP contribution in [0.4, 0.5) is 38.4 Å². The Bertz CT molecular complexity index is 4250. The van der Waals surface area contributed by atoms with Gasteiger partial charge in [0.25, 0.3) is 17.7 Å². The molecule has 6 heterocycles. The van der Waals surface area contributed by atoms with Crippen LogP contribution in [0.2, 0.25) is 0 Å². The molecule has 0 spiro atoms. The summed E-state index contributed by atoms with van der Waals surface area (Å²) >= 11 is 0. The van der Waals surface area contributed by atoms with Gasteiger partial charge in [0.05, 0.1) is 44.4 Å². The van der Waals surface area contributed by atoms with Gasteiger partial charge in [0, 0.05) is 99.1 Å². The number of benzene rings is 3. The standard InChI is InChI=1S/C77H95N17O14/c1-6-60-74(103)89(4)62-43-80-76(86-69(62)94(60)54-18-9-10-19-54)83-57-32-25-50(42-63(57)106-5)59-45-93(88-87-59)53-30-28-52(29-31-53)90(39-41-107-40-13-11-16-49-17-14-20-55-56(49)44-92(73(55)102)61-33-34-65(96)85-71(61)100)77(105)108-46-48-23-26-51(27-24-48)81-70(99)58(21-15-37-79-75(78)104)82-72(101)68(47(2)3)84-64(95)22-8-7-12-38-91-66(97)35-36-67(91)98/h14,17,20,23-27,32,35-36,42-43,45,47,52-54,58,60-61,68H,6-10,12-13,15,18-19,21-22,28-31,33-34,37-41,44,46H2,1-5H3,(H,81,99)(H,82,101)(H,84,95)(H3,78,79,104)(H,80,83,86)(H,85,96,100)/t52-,53+,58-,60+,61?,68-/m0/s1. The average Bonchev–Trinajstić information content (AvgIpc) is 1.04. The maximum atomic E-state index is 14.4. The highest BCUT2D eigenvalue weighted by Crippen LogP contribution is 2.42. The predicted molar refractivity (Wildman–Crippen MR) is 397 cm³/mol. The number of aromatic nitrogens is 5. The number of imide groups is 2. The lowest BCUT2D eigenvalue weighted by atomic mass is 9.90. The van der Waals surface area contributed by atoms with Gasteiger partial charge in [-0.2, -0.15) is 4.98 Å². The quantitative estimate of drug-likeness (QED) is 0.0132. The van der Waals surface area contributed by atoms with Gasteiger partial charge in [-0.25, -0.2) is 19.3 Å². The molecule has 31 nitrogen and oxygen atoms in total. The number of unbranched alkanes of at least 4 members (excludes halogenated alkanes) is 2. The van der Waals surface area contributed by atoms with Gasteiger partial charge in [-0.3, -0.25) is 53.4 Å². The first-order valence-corrected chi connectivity index (χ1v) is 37.3. The van der Waals surface area contributed by atoms with Gasteiger partial charge < -0.3 is 66.1 Å². The minimum atomic E-state index is -1.10. The Morgan fingerprint density at radius 3 is 2.34 bits per heavy atom. The van der Waals surface area contributed by atoms with Crippen LogP contribution in [0.15, 0.2) is 85.2 Å². The number of nitrogens with one attached hydrogen (secondary N) is 6. The van der Waals surface area contributed by atoms with E-state index in [9.17, 15) is 52.7 Å². The maximum absolute atomic E-state index is 14.4. The molecule has 12 amide bonds. The molecule has 1 saturated heterocycles. The smallest absolute Gasteiger partial charge is 0.410 e. The third-order valence-corrected chi connectivity index (χ3v) is 20.7. The van der Waals surface area contributed by atoms with E-state index in [1.807, 2.05) is 42.1 Å². The average molecular weight is 1480 g/mol. The van der Waals surface area contributed by atoms with Crippen molar-refractivity contribution in [1.29, 1.82) is 0 Å². The maximum Gasteiger partial charge on any atom is 0.410 e. The van der Waals surface area contributed by atoms with E-state index in [0.29, 0.717) is 114 Å². The van der Waals surface area contributed by atoms with Crippen LogP contribution < -0.4 is 52.2 Å². The van der Waals surface area contributed by atoms with Crippen molar-refractivity contribution < 1.29 is 67.0 Å². The summed E-state index contributed by atoms with van der Waals surface area (Å²) < 4.78 is 19.9. The minimum Gasteiger partial charge on any atom is -0.495 e. The van der Waals surface area contributed by atoms with Crippen LogP contribution in [-0.2, 0) is 61.0 Å².